The number of nitrogens with one attached hydrogen (secondary N) is 1. The predicted octanol–water partition coefficient (Wildman–Crippen LogP) is 3.23. The molecule has 1 fully saturated rings. The molecule has 0 radical (unpaired) electrons. The van der Waals surface area contributed by atoms with Crippen LogP contribution in [0.3, 0.4) is 0 Å². The van der Waals surface area contributed by atoms with Gasteiger partial charge in [-0.3, -0.25) is 9.59 Å². The van der Waals surface area contributed by atoms with Crippen molar-refractivity contribution in [3.05, 3.63) is 53.3 Å². The van der Waals surface area contributed by atoms with Crippen molar-refractivity contribution in [1.82, 2.24) is 0 Å². The third-order valence-corrected chi connectivity index (χ3v) is 4.03. The van der Waals surface area contributed by atoms with E-state index in [4.69, 9.17) is 16.3 Å². The average molecular weight is 349 g/mol. The molecule has 2 amide bonds. The molecule has 1 aliphatic heterocycles. The monoisotopic (exact) mass is 348 g/mol. The molecule has 1 aliphatic rings. The Balaban J connectivity index is 1.79. The number of benzene rings is 2. The molecular weight excluding hydrogens is 335 g/mol. The first kappa shape index (κ1) is 16.3. The van der Waals surface area contributed by atoms with Gasteiger partial charge < -0.3 is 10.1 Å². The zero-order valence-corrected chi connectivity index (χ0v) is 13.5. The molecule has 0 bridgehead atoms. The molecule has 0 aliphatic carbocycles. The van der Waals surface area contributed by atoms with Gasteiger partial charge in [0.15, 0.2) is 0 Å². The molecule has 1 N–H and O–H groups in total. The van der Waals surface area contributed by atoms with E-state index in [0.29, 0.717) is 11.4 Å². The van der Waals surface area contributed by atoms with Crippen molar-refractivity contribution in [2.45, 2.75) is 12.5 Å². The van der Waals surface area contributed by atoms with Crippen molar-refractivity contribution in [3.63, 3.8) is 0 Å². The van der Waals surface area contributed by atoms with Gasteiger partial charge in [-0.2, -0.15) is 0 Å². The second-order valence-electron chi connectivity index (χ2n) is 5.30. The van der Waals surface area contributed by atoms with Crippen LogP contribution in [0.4, 0.5) is 15.8 Å². The first-order chi connectivity index (χ1) is 11.5. The smallest absolute Gasteiger partial charge is 0.256 e. The first-order valence-electron chi connectivity index (χ1n) is 7.22. The number of nitrogens with zero attached hydrogens (tertiary/aromatic N) is 1. The number of rotatable bonds is 4. The summed E-state index contributed by atoms with van der Waals surface area (Å²) in [6, 6.07) is 10.1. The lowest BCUT2D eigenvalue weighted by atomic mass is 10.2. The van der Waals surface area contributed by atoms with Gasteiger partial charge in [0.25, 0.3) is 5.91 Å². The summed E-state index contributed by atoms with van der Waals surface area (Å²) >= 11 is 5.73. The van der Waals surface area contributed by atoms with Gasteiger partial charge in [-0.1, -0.05) is 11.6 Å². The fraction of sp³-hybridized carbons (Fsp3) is 0.176. The number of ether oxygens (including phenoxy) is 1. The molecule has 3 rings (SSSR count). The molecule has 7 heteroatoms. The Morgan fingerprint density at radius 1 is 1.21 bits per heavy atom. The van der Waals surface area contributed by atoms with E-state index in [1.165, 1.54) is 12.1 Å². The number of hydrogen-bond donors (Lipinski definition) is 1. The van der Waals surface area contributed by atoms with E-state index in [9.17, 15) is 14.0 Å². The van der Waals surface area contributed by atoms with Gasteiger partial charge in [-0.15, -0.1) is 0 Å². The van der Waals surface area contributed by atoms with Crippen LogP contribution in [0.15, 0.2) is 42.5 Å². The topological polar surface area (TPSA) is 58.6 Å². The lowest BCUT2D eigenvalue weighted by Gasteiger charge is -2.16. The zero-order chi connectivity index (χ0) is 17.3. The summed E-state index contributed by atoms with van der Waals surface area (Å²) in [6.45, 7) is 0. The van der Waals surface area contributed by atoms with Gasteiger partial charge in [0, 0.05) is 5.69 Å². The van der Waals surface area contributed by atoms with E-state index in [2.05, 4.69) is 5.32 Å². The van der Waals surface area contributed by atoms with Crippen molar-refractivity contribution in [2.75, 3.05) is 17.3 Å². The van der Waals surface area contributed by atoms with E-state index in [1.807, 2.05) is 0 Å². The SMILES string of the molecule is COc1ccc(N[C@H]2CC(=O)N(c3ccc(F)c(Cl)c3)C2=O)cc1. The number of imide groups is 1. The zero-order valence-electron chi connectivity index (χ0n) is 12.8. The number of halogens is 2. The van der Waals surface area contributed by atoms with Crippen LogP contribution in [0.25, 0.3) is 0 Å². The van der Waals surface area contributed by atoms with Crippen LogP contribution in [0.5, 0.6) is 5.75 Å². The molecule has 1 saturated heterocycles. The molecule has 0 aromatic heterocycles. The number of hydrogen-bond acceptors (Lipinski definition) is 4. The standard InChI is InChI=1S/C17H14ClFN2O3/c1-24-12-5-2-10(3-6-12)20-15-9-16(22)21(17(15)23)11-4-7-14(19)13(18)8-11/h2-8,15,20H,9H2,1H3/t15-/m0/s1. The summed E-state index contributed by atoms with van der Waals surface area (Å²) in [5.41, 5.74) is 0.955. The number of amides is 2. The van der Waals surface area contributed by atoms with Crippen molar-refractivity contribution < 1.29 is 18.7 Å². The van der Waals surface area contributed by atoms with Crippen molar-refractivity contribution in [2.24, 2.45) is 0 Å². The maximum Gasteiger partial charge on any atom is 0.256 e. The summed E-state index contributed by atoms with van der Waals surface area (Å²) < 4.78 is 18.3. The quantitative estimate of drug-likeness (QED) is 0.862. The molecule has 5 nitrogen and oxygen atoms in total. The fourth-order valence-electron chi connectivity index (χ4n) is 2.53. The average Bonchev–Trinajstić information content (AvgIpc) is 2.85. The highest BCUT2D eigenvalue weighted by Crippen LogP contribution is 2.28. The Kier molecular flexibility index (Phi) is 4.40. The third kappa shape index (κ3) is 3.05. The Bertz CT molecular complexity index is 795. The maximum absolute atomic E-state index is 13.3. The van der Waals surface area contributed by atoms with E-state index in [0.717, 1.165) is 11.0 Å². The third-order valence-electron chi connectivity index (χ3n) is 3.74. The number of carbonyl (C=O) groups is 2. The van der Waals surface area contributed by atoms with Crippen molar-refractivity contribution in [3.8, 4) is 5.75 Å². The highest BCUT2D eigenvalue weighted by atomic mass is 35.5. The molecule has 124 valence electrons. The largest absolute Gasteiger partial charge is 0.497 e. The lowest BCUT2D eigenvalue weighted by Crippen LogP contribution is -2.34. The van der Waals surface area contributed by atoms with Crippen LogP contribution in [0.2, 0.25) is 5.02 Å². The molecule has 0 spiro atoms. The second kappa shape index (κ2) is 6.49. The van der Waals surface area contributed by atoms with Crippen LogP contribution in [0, 0.1) is 5.82 Å². The molecule has 0 saturated carbocycles. The van der Waals surface area contributed by atoms with E-state index >= 15 is 0 Å². The normalized spacial score (nSPS) is 17.3. The van der Waals surface area contributed by atoms with Crippen LogP contribution in [-0.4, -0.2) is 25.0 Å². The molecule has 1 atom stereocenters. The first-order valence-corrected chi connectivity index (χ1v) is 7.60. The Morgan fingerprint density at radius 2 is 1.92 bits per heavy atom. The summed E-state index contributed by atoms with van der Waals surface area (Å²) in [5, 5.41) is 2.88. The second-order valence-corrected chi connectivity index (χ2v) is 5.70. The fourth-order valence-corrected chi connectivity index (χ4v) is 2.70. The van der Waals surface area contributed by atoms with Gasteiger partial charge in [-0.05, 0) is 42.5 Å². The highest BCUT2D eigenvalue weighted by Gasteiger charge is 2.39. The minimum absolute atomic E-state index is 0.0137. The summed E-state index contributed by atoms with van der Waals surface area (Å²) in [4.78, 5) is 25.7. The van der Waals surface area contributed by atoms with E-state index in [1.54, 1.807) is 31.4 Å². The number of carbonyl (C=O) groups excluding carboxylic acids is 2. The lowest BCUT2D eigenvalue weighted by molar-refractivity contribution is -0.121. The Labute approximate surface area is 143 Å². The van der Waals surface area contributed by atoms with Gasteiger partial charge in [0.2, 0.25) is 5.91 Å². The van der Waals surface area contributed by atoms with E-state index in [-0.39, 0.29) is 23.0 Å². The van der Waals surface area contributed by atoms with E-state index < -0.39 is 17.8 Å². The van der Waals surface area contributed by atoms with Crippen LogP contribution >= 0.6 is 11.6 Å². The predicted molar refractivity (Wildman–Crippen MR) is 88.9 cm³/mol. The maximum atomic E-state index is 13.3. The van der Waals surface area contributed by atoms with Crippen LogP contribution in [-0.2, 0) is 9.59 Å². The van der Waals surface area contributed by atoms with Gasteiger partial charge in [0.1, 0.15) is 17.6 Å². The molecule has 0 unspecified atom stereocenters. The molecule has 2 aromatic rings. The number of anilines is 2. The minimum Gasteiger partial charge on any atom is -0.497 e. The summed E-state index contributed by atoms with van der Waals surface area (Å²) in [7, 11) is 1.56. The molecular formula is C17H14ClFN2O3. The molecule has 2 aromatic carbocycles. The van der Waals surface area contributed by atoms with Crippen LogP contribution < -0.4 is 15.0 Å². The Morgan fingerprint density at radius 3 is 2.54 bits per heavy atom. The van der Waals surface area contributed by atoms with Gasteiger partial charge in [0.05, 0.1) is 24.2 Å². The summed E-state index contributed by atoms with van der Waals surface area (Å²) in [6.07, 6.45) is 0.0137. The van der Waals surface area contributed by atoms with Crippen LogP contribution in [0.1, 0.15) is 6.42 Å². The van der Waals surface area contributed by atoms with Gasteiger partial charge in [-0.25, -0.2) is 9.29 Å². The Hall–Kier alpha value is -2.60. The molecule has 1 heterocycles. The minimum atomic E-state index is -0.685. The van der Waals surface area contributed by atoms with Crippen molar-refractivity contribution in [1.29, 1.82) is 0 Å². The molecule has 24 heavy (non-hydrogen) atoms. The highest BCUT2D eigenvalue weighted by molar-refractivity contribution is 6.31. The van der Waals surface area contributed by atoms with Gasteiger partial charge >= 0.3 is 0 Å². The number of methoxy groups -OCH3 is 1. The van der Waals surface area contributed by atoms with Crippen molar-refractivity contribution >= 4 is 34.8 Å². The summed E-state index contributed by atoms with van der Waals surface area (Å²) in [5.74, 6) is -0.684.